The fourth-order valence-corrected chi connectivity index (χ4v) is 3.89. The van der Waals surface area contributed by atoms with E-state index in [0.29, 0.717) is 0 Å². The highest BCUT2D eigenvalue weighted by molar-refractivity contribution is 7.10. The van der Waals surface area contributed by atoms with Crippen LogP contribution in [0.15, 0.2) is 41.8 Å². The lowest BCUT2D eigenvalue weighted by atomic mass is 9.89. The van der Waals surface area contributed by atoms with Crippen LogP contribution in [0.5, 0.6) is 0 Å². The van der Waals surface area contributed by atoms with Crippen LogP contribution in [0.25, 0.3) is 0 Å². The molecule has 3 heteroatoms. The summed E-state index contributed by atoms with van der Waals surface area (Å²) in [6, 6.07) is 12.8. The number of hydrogen-bond donors (Lipinski definition) is 1. The third-order valence-electron chi connectivity index (χ3n) is 4.48. The van der Waals surface area contributed by atoms with Crippen LogP contribution >= 0.6 is 11.3 Å². The van der Waals surface area contributed by atoms with E-state index in [1.165, 1.54) is 10.4 Å². The number of thiophene rings is 1. The Labute approximate surface area is 124 Å². The Hall–Kier alpha value is -1.16. The molecule has 1 aliphatic rings. The molecule has 1 fully saturated rings. The van der Waals surface area contributed by atoms with Crippen molar-refractivity contribution in [2.24, 2.45) is 0 Å². The Balaban J connectivity index is 1.78. The molecule has 2 unspecified atom stereocenters. The molecule has 1 aliphatic heterocycles. The van der Waals surface area contributed by atoms with Crippen molar-refractivity contribution >= 4 is 11.3 Å². The van der Waals surface area contributed by atoms with Gasteiger partial charge in [0.2, 0.25) is 0 Å². The van der Waals surface area contributed by atoms with Gasteiger partial charge in [0, 0.05) is 24.0 Å². The lowest BCUT2D eigenvalue weighted by Crippen LogP contribution is -2.39. The van der Waals surface area contributed by atoms with Crippen molar-refractivity contribution in [1.82, 2.24) is 4.90 Å². The molecule has 1 aromatic heterocycles. The van der Waals surface area contributed by atoms with Gasteiger partial charge < -0.3 is 5.11 Å². The van der Waals surface area contributed by atoms with Crippen molar-refractivity contribution in [2.45, 2.75) is 38.5 Å². The van der Waals surface area contributed by atoms with E-state index in [1.54, 1.807) is 11.3 Å². The van der Waals surface area contributed by atoms with E-state index < -0.39 is 5.60 Å². The van der Waals surface area contributed by atoms with Crippen molar-refractivity contribution in [3.05, 3.63) is 57.8 Å². The van der Waals surface area contributed by atoms with Gasteiger partial charge >= 0.3 is 0 Å². The Morgan fingerprint density at radius 3 is 2.75 bits per heavy atom. The van der Waals surface area contributed by atoms with E-state index in [2.05, 4.69) is 54.5 Å². The Morgan fingerprint density at radius 1 is 1.35 bits per heavy atom. The zero-order valence-corrected chi connectivity index (χ0v) is 12.9. The molecule has 2 aromatic rings. The van der Waals surface area contributed by atoms with Gasteiger partial charge in [-0.1, -0.05) is 30.3 Å². The second-order valence-electron chi connectivity index (χ2n) is 5.75. The Kier molecular flexibility index (Phi) is 3.67. The van der Waals surface area contributed by atoms with Crippen molar-refractivity contribution in [3.63, 3.8) is 0 Å². The normalized spacial score (nSPS) is 27.1. The molecule has 3 rings (SSSR count). The molecule has 106 valence electrons. The molecule has 0 radical (unpaired) electrons. The van der Waals surface area contributed by atoms with E-state index >= 15 is 0 Å². The Bertz CT molecular complexity index is 580. The number of rotatable bonds is 3. The van der Waals surface area contributed by atoms with Crippen LogP contribution in [0.3, 0.4) is 0 Å². The lowest BCUT2D eigenvalue weighted by molar-refractivity contribution is 0.00509. The number of likely N-dealkylation sites (tertiary alicyclic amines) is 1. The first kappa shape index (κ1) is 13.8. The van der Waals surface area contributed by atoms with Crippen LogP contribution in [0, 0.1) is 6.92 Å². The van der Waals surface area contributed by atoms with Gasteiger partial charge in [0.25, 0.3) is 0 Å². The summed E-state index contributed by atoms with van der Waals surface area (Å²) < 4.78 is 0. The van der Waals surface area contributed by atoms with Crippen LogP contribution < -0.4 is 0 Å². The summed E-state index contributed by atoms with van der Waals surface area (Å²) in [6.07, 6.45) is 0.817. The van der Waals surface area contributed by atoms with Crippen LogP contribution in [-0.4, -0.2) is 22.6 Å². The number of aryl methyl sites for hydroxylation is 1. The zero-order chi connectivity index (χ0) is 14.2. The second-order valence-corrected chi connectivity index (χ2v) is 6.87. The minimum Gasteiger partial charge on any atom is -0.383 e. The quantitative estimate of drug-likeness (QED) is 0.933. The summed E-state index contributed by atoms with van der Waals surface area (Å²) in [7, 11) is 0. The SMILES string of the molecule is Cc1cc(C2(O)CCN(Cc3ccccc3)C2C)cs1. The Morgan fingerprint density at radius 2 is 2.10 bits per heavy atom. The number of benzene rings is 1. The van der Waals surface area contributed by atoms with Gasteiger partial charge in [-0.05, 0) is 42.8 Å². The minimum absolute atomic E-state index is 0.150. The van der Waals surface area contributed by atoms with Crippen LogP contribution in [0.2, 0.25) is 0 Å². The molecule has 0 saturated carbocycles. The second kappa shape index (κ2) is 5.32. The highest BCUT2D eigenvalue weighted by Crippen LogP contribution is 2.39. The van der Waals surface area contributed by atoms with E-state index in [1.807, 2.05) is 6.07 Å². The topological polar surface area (TPSA) is 23.5 Å². The van der Waals surface area contributed by atoms with Crippen LogP contribution in [-0.2, 0) is 12.1 Å². The van der Waals surface area contributed by atoms with Crippen molar-refractivity contribution < 1.29 is 5.11 Å². The van der Waals surface area contributed by atoms with E-state index in [4.69, 9.17) is 0 Å². The summed E-state index contributed by atoms with van der Waals surface area (Å²) in [5, 5.41) is 13.2. The molecule has 2 nitrogen and oxygen atoms in total. The average molecular weight is 287 g/mol. The monoisotopic (exact) mass is 287 g/mol. The van der Waals surface area contributed by atoms with E-state index in [9.17, 15) is 5.11 Å². The van der Waals surface area contributed by atoms with E-state index in [-0.39, 0.29) is 6.04 Å². The lowest BCUT2D eigenvalue weighted by Gasteiger charge is -2.31. The summed E-state index contributed by atoms with van der Waals surface area (Å²) in [4.78, 5) is 3.64. The summed E-state index contributed by atoms with van der Waals surface area (Å²) in [6.45, 7) is 6.09. The van der Waals surface area contributed by atoms with Gasteiger partial charge in [-0.2, -0.15) is 0 Å². The molecule has 1 aromatic carbocycles. The molecule has 0 spiro atoms. The van der Waals surface area contributed by atoms with Gasteiger partial charge in [0.1, 0.15) is 5.60 Å². The maximum atomic E-state index is 11.1. The van der Waals surface area contributed by atoms with Gasteiger partial charge in [-0.25, -0.2) is 0 Å². The maximum Gasteiger partial charge on any atom is 0.107 e. The highest BCUT2D eigenvalue weighted by Gasteiger charge is 2.44. The molecule has 1 saturated heterocycles. The van der Waals surface area contributed by atoms with Crippen molar-refractivity contribution in [3.8, 4) is 0 Å². The van der Waals surface area contributed by atoms with Gasteiger partial charge in [-0.15, -0.1) is 11.3 Å². The van der Waals surface area contributed by atoms with E-state index in [0.717, 1.165) is 25.1 Å². The first-order valence-corrected chi connectivity index (χ1v) is 8.03. The smallest absolute Gasteiger partial charge is 0.107 e. The molecule has 0 bridgehead atoms. The zero-order valence-electron chi connectivity index (χ0n) is 12.0. The van der Waals surface area contributed by atoms with Crippen LogP contribution in [0.1, 0.15) is 29.3 Å². The molecule has 0 amide bonds. The predicted molar refractivity (Wildman–Crippen MR) is 83.9 cm³/mol. The standard InChI is InChI=1S/C17H21NOS/c1-13-10-16(12-20-13)17(19)8-9-18(14(17)2)11-15-6-4-3-5-7-15/h3-7,10,12,14,19H,8-9,11H2,1-2H3. The number of hydrogen-bond acceptors (Lipinski definition) is 3. The molecule has 0 aliphatic carbocycles. The van der Waals surface area contributed by atoms with Gasteiger partial charge in [0.15, 0.2) is 0 Å². The third-order valence-corrected chi connectivity index (χ3v) is 5.34. The molecular weight excluding hydrogens is 266 g/mol. The maximum absolute atomic E-state index is 11.1. The fraction of sp³-hybridized carbons (Fsp3) is 0.412. The van der Waals surface area contributed by atoms with Gasteiger partial charge in [-0.3, -0.25) is 4.90 Å². The summed E-state index contributed by atoms with van der Waals surface area (Å²) in [5.74, 6) is 0. The predicted octanol–water partition coefficient (Wildman–Crippen LogP) is 3.54. The molecule has 2 heterocycles. The first-order valence-electron chi connectivity index (χ1n) is 7.15. The molecule has 20 heavy (non-hydrogen) atoms. The highest BCUT2D eigenvalue weighted by atomic mass is 32.1. The first-order chi connectivity index (χ1) is 9.59. The minimum atomic E-state index is -0.695. The summed E-state index contributed by atoms with van der Waals surface area (Å²) in [5.41, 5.74) is 1.70. The molecule has 2 atom stereocenters. The van der Waals surface area contributed by atoms with Crippen molar-refractivity contribution in [1.29, 1.82) is 0 Å². The largest absolute Gasteiger partial charge is 0.383 e. The summed E-state index contributed by atoms with van der Waals surface area (Å²) >= 11 is 1.72. The van der Waals surface area contributed by atoms with Gasteiger partial charge in [0.05, 0.1) is 0 Å². The molecular formula is C17H21NOS. The average Bonchev–Trinajstić information content (AvgIpc) is 3.00. The van der Waals surface area contributed by atoms with Crippen molar-refractivity contribution in [2.75, 3.05) is 6.54 Å². The fourth-order valence-electron chi connectivity index (χ4n) is 3.11. The van der Waals surface area contributed by atoms with Crippen LogP contribution in [0.4, 0.5) is 0 Å². The third kappa shape index (κ3) is 2.41. The molecule has 1 N–H and O–H groups in total. The number of aliphatic hydroxyl groups is 1. The number of nitrogens with zero attached hydrogens (tertiary/aromatic N) is 1.